The first-order chi connectivity index (χ1) is 24.2. The van der Waals surface area contributed by atoms with Gasteiger partial charge in [-0.05, 0) is 115 Å². The van der Waals surface area contributed by atoms with Gasteiger partial charge in [0.25, 0.3) is 0 Å². The van der Waals surface area contributed by atoms with Crippen molar-refractivity contribution >= 4 is 17.4 Å². The van der Waals surface area contributed by atoms with E-state index in [2.05, 4.69) is 92.7 Å². The summed E-state index contributed by atoms with van der Waals surface area (Å²) in [5, 5.41) is 0. The number of carbonyl (C=O) groups is 1. The number of methoxy groups -OCH3 is 1. The Morgan fingerprint density at radius 2 is 1.69 bits per heavy atom. The Hall–Kier alpha value is -4.40. The molecule has 0 N–H and O–H groups in total. The minimum Gasteiger partial charge on any atom is -0.490 e. The first-order valence-electron chi connectivity index (χ1n) is 17.9. The minimum atomic E-state index is -0.930. The highest BCUT2D eigenvalue weighted by molar-refractivity contribution is 5.82. The first kappa shape index (κ1) is 37.8. The van der Waals surface area contributed by atoms with Gasteiger partial charge in [0, 0.05) is 42.4 Å². The highest BCUT2D eigenvalue weighted by atomic mass is 16.6. The molecule has 1 aliphatic rings. The van der Waals surface area contributed by atoms with E-state index < -0.39 is 17.7 Å². The molecule has 0 saturated carbocycles. The molecule has 0 amide bonds. The largest absolute Gasteiger partial charge is 0.490 e. The maximum Gasteiger partial charge on any atom is 0.339 e. The molecular weight excluding hydrogens is 638 g/mol. The topological polar surface area (TPSA) is 74.5 Å². The molecule has 0 aliphatic carbocycles. The third kappa shape index (κ3) is 8.57. The molecule has 0 bridgehead atoms. The molecule has 272 valence electrons. The number of carbonyl (C=O) groups excluding carboxylic acids is 1. The number of ether oxygens (including phenoxy) is 4. The summed E-state index contributed by atoms with van der Waals surface area (Å²) in [6.07, 6.45) is 7.21. The predicted molar refractivity (Wildman–Crippen MR) is 207 cm³/mol. The van der Waals surface area contributed by atoms with Crippen LogP contribution in [0.15, 0.2) is 74.0 Å². The van der Waals surface area contributed by atoms with Crippen LogP contribution in [0.2, 0.25) is 0 Å². The second-order valence-electron chi connectivity index (χ2n) is 15.1. The molecule has 2 aromatic heterocycles. The lowest BCUT2D eigenvalue weighted by atomic mass is 9.92. The van der Waals surface area contributed by atoms with E-state index in [4.69, 9.17) is 23.9 Å². The van der Waals surface area contributed by atoms with Crippen molar-refractivity contribution in [3.05, 3.63) is 96.2 Å². The molecule has 2 atom stereocenters. The number of rotatable bonds is 13. The molecule has 4 aromatic rings. The number of esters is 1. The zero-order chi connectivity index (χ0) is 37.1. The van der Waals surface area contributed by atoms with E-state index in [1.54, 1.807) is 6.08 Å². The van der Waals surface area contributed by atoms with Crippen LogP contribution in [0.25, 0.3) is 28.0 Å². The van der Waals surface area contributed by atoms with Crippen LogP contribution in [0.3, 0.4) is 0 Å². The fourth-order valence-corrected chi connectivity index (χ4v) is 6.77. The fourth-order valence-electron chi connectivity index (χ4n) is 6.77. The number of aromatic nitrogens is 2. The number of aryl methyl sites for hydroxylation is 3. The lowest BCUT2D eigenvalue weighted by Gasteiger charge is -2.41. The summed E-state index contributed by atoms with van der Waals surface area (Å²) in [6.45, 7) is 26.0. The summed E-state index contributed by atoms with van der Waals surface area (Å²) in [5.74, 6) is 1.29. The van der Waals surface area contributed by atoms with Gasteiger partial charge in [-0.2, -0.15) is 0 Å². The van der Waals surface area contributed by atoms with Crippen LogP contribution in [0.5, 0.6) is 5.75 Å². The first-order valence-corrected chi connectivity index (χ1v) is 17.9. The smallest absolute Gasteiger partial charge is 0.339 e. The van der Waals surface area contributed by atoms with Crippen LogP contribution < -0.4 is 9.64 Å². The van der Waals surface area contributed by atoms with Gasteiger partial charge in [-0.3, -0.25) is 4.40 Å². The van der Waals surface area contributed by atoms with Crippen molar-refractivity contribution in [3.63, 3.8) is 0 Å². The Morgan fingerprint density at radius 1 is 1.00 bits per heavy atom. The number of piperidine rings is 1. The van der Waals surface area contributed by atoms with Crippen LogP contribution in [-0.4, -0.2) is 59.5 Å². The van der Waals surface area contributed by atoms with Gasteiger partial charge in [-0.25, -0.2) is 9.78 Å². The molecule has 1 saturated heterocycles. The molecule has 1 aliphatic heterocycles. The van der Waals surface area contributed by atoms with Crippen LogP contribution in [-0.2, 0) is 19.0 Å². The van der Waals surface area contributed by atoms with Gasteiger partial charge < -0.3 is 23.8 Å². The lowest BCUT2D eigenvalue weighted by Crippen LogP contribution is -2.45. The molecular formula is C43H55N3O5. The Labute approximate surface area is 304 Å². The van der Waals surface area contributed by atoms with E-state index in [-0.39, 0.29) is 11.7 Å². The fraction of sp³-hybridized carbons (Fsp3) is 0.442. The van der Waals surface area contributed by atoms with Crippen LogP contribution in [0, 0.1) is 20.8 Å². The van der Waals surface area contributed by atoms with Crippen molar-refractivity contribution in [1.29, 1.82) is 0 Å². The standard InChI is InChI=1S/C43H55N3O5/c1-12-15-31(6)50-36-24-29(4)28(3)23-34(36)32-16-14-17-33(26-32)35-27-46-37(44-35)25-30(5)38(39(41(47)48-11)51-42(7,8)9)40(46)45-20-18-43(10,19-21-45)49-22-13-2/h12-14,16-17,23-27,31,39H,1-2,15,18-22H2,3-11H3/t31-,39-/m0/s1. The normalized spacial score (nSPS) is 15.7. The third-order valence-electron chi connectivity index (χ3n) is 9.68. The van der Waals surface area contributed by atoms with E-state index in [0.29, 0.717) is 6.61 Å². The van der Waals surface area contributed by atoms with Crippen LogP contribution in [0.4, 0.5) is 5.82 Å². The average molecular weight is 694 g/mol. The summed E-state index contributed by atoms with van der Waals surface area (Å²) in [7, 11) is 1.41. The van der Waals surface area contributed by atoms with E-state index in [1.807, 2.05) is 39.8 Å². The van der Waals surface area contributed by atoms with Gasteiger partial charge in [0.1, 0.15) is 17.2 Å². The van der Waals surface area contributed by atoms with Crippen LogP contribution in [0.1, 0.15) is 82.2 Å². The van der Waals surface area contributed by atoms with Crippen molar-refractivity contribution in [2.45, 2.75) is 98.1 Å². The zero-order valence-electron chi connectivity index (χ0n) is 32.0. The molecule has 8 nitrogen and oxygen atoms in total. The minimum absolute atomic E-state index is 0.00174. The maximum atomic E-state index is 13.5. The van der Waals surface area contributed by atoms with E-state index in [9.17, 15) is 4.79 Å². The number of anilines is 1. The SMILES string of the molecule is C=CCOC1(C)CCN(c2c([C@H](OC(C)(C)C)C(=O)OC)c(C)cc3nc(-c4cccc(-c5cc(C)c(C)cc5O[C@@H](C)CC=C)c4)cn23)CC1. The average Bonchev–Trinajstić information content (AvgIpc) is 3.51. The summed E-state index contributed by atoms with van der Waals surface area (Å²) in [6, 6.07) is 14.8. The molecule has 2 aromatic carbocycles. The Morgan fingerprint density at radius 3 is 2.33 bits per heavy atom. The number of nitrogens with zero attached hydrogens (tertiary/aromatic N) is 3. The van der Waals surface area contributed by atoms with Crippen molar-refractivity contribution in [2.75, 3.05) is 31.7 Å². The van der Waals surface area contributed by atoms with Crippen molar-refractivity contribution in [1.82, 2.24) is 9.38 Å². The van der Waals surface area contributed by atoms with Gasteiger partial charge in [0.2, 0.25) is 0 Å². The molecule has 1 fully saturated rings. The van der Waals surface area contributed by atoms with Crippen molar-refractivity contribution < 1.29 is 23.7 Å². The highest BCUT2D eigenvalue weighted by Gasteiger charge is 2.37. The number of hydrogen-bond acceptors (Lipinski definition) is 7. The molecule has 8 heteroatoms. The van der Waals surface area contributed by atoms with E-state index in [1.165, 1.54) is 18.2 Å². The summed E-state index contributed by atoms with van der Waals surface area (Å²) < 4.78 is 26.6. The predicted octanol–water partition coefficient (Wildman–Crippen LogP) is 9.53. The molecule has 0 radical (unpaired) electrons. The molecule has 51 heavy (non-hydrogen) atoms. The summed E-state index contributed by atoms with van der Waals surface area (Å²) in [4.78, 5) is 21.0. The van der Waals surface area contributed by atoms with E-state index >= 15 is 0 Å². The number of benzene rings is 2. The number of fused-ring (bicyclic) bond motifs is 1. The van der Waals surface area contributed by atoms with Gasteiger partial charge >= 0.3 is 5.97 Å². The third-order valence-corrected chi connectivity index (χ3v) is 9.68. The summed E-state index contributed by atoms with van der Waals surface area (Å²) in [5.41, 5.74) is 7.87. The quantitative estimate of drug-likeness (QED) is 0.102. The second kappa shape index (κ2) is 15.5. The van der Waals surface area contributed by atoms with Gasteiger partial charge in [-0.1, -0.05) is 30.4 Å². The summed E-state index contributed by atoms with van der Waals surface area (Å²) >= 11 is 0. The lowest BCUT2D eigenvalue weighted by molar-refractivity contribution is -0.164. The zero-order valence-corrected chi connectivity index (χ0v) is 32.0. The van der Waals surface area contributed by atoms with E-state index in [0.717, 1.165) is 83.1 Å². The monoisotopic (exact) mass is 693 g/mol. The van der Waals surface area contributed by atoms with Crippen molar-refractivity contribution in [2.24, 2.45) is 0 Å². The molecule has 3 heterocycles. The van der Waals surface area contributed by atoms with Crippen LogP contribution >= 0.6 is 0 Å². The van der Waals surface area contributed by atoms with Gasteiger partial charge in [-0.15, -0.1) is 13.2 Å². The molecule has 0 spiro atoms. The molecule has 0 unspecified atom stereocenters. The number of imidazole rings is 1. The Kier molecular flexibility index (Phi) is 11.5. The van der Waals surface area contributed by atoms with Gasteiger partial charge in [0.15, 0.2) is 6.10 Å². The van der Waals surface area contributed by atoms with Gasteiger partial charge in [0.05, 0.1) is 36.7 Å². The number of hydrogen-bond donors (Lipinski definition) is 0. The van der Waals surface area contributed by atoms with Crippen molar-refractivity contribution in [3.8, 4) is 28.1 Å². The second-order valence-corrected chi connectivity index (χ2v) is 15.1. The highest BCUT2D eigenvalue weighted by Crippen LogP contribution is 2.41. The molecule has 5 rings (SSSR count). The maximum absolute atomic E-state index is 13.5. The Bertz CT molecular complexity index is 1890. The number of pyridine rings is 1. The Balaban J connectivity index is 1.65.